The average molecular weight is 287 g/mol. The van der Waals surface area contributed by atoms with E-state index in [9.17, 15) is 5.11 Å². The van der Waals surface area contributed by atoms with Gasteiger partial charge in [0.05, 0.1) is 5.52 Å². The van der Waals surface area contributed by atoms with Crippen LogP contribution in [0.25, 0.3) is 10.9 Å². The summed E-state index contributed by atoms with van der Waals surface area (Å²) < 4.78 is 2.19. The van der Waals surface area contributed by atoms with Gasteiger partial charge >= 0.3 is 0 Å². The van der Waals surface area contributed by atoms with E-state index in [-0.39, 0.29) is 0 Å². The molecule has 1 aromatic carbocycles. The van der Waals surface area contributed by atoms with E-state index in [0.717, 1.165) is 38.2 Å². The lowest BCUT2D eigenvalue weighted by Crippen LogP contribution is -2.43. The Bertz CT molecular complexity index is 624. The Morgan fingerprint density at radius 3 is 2.52 bits per heavy atom. The van der Waals surface area contributed by atoms with E-state index in [1.54, 1.807) is 6.07 Å². The van der Waals surface area contributed by atoms with Gasteiger partial charge in [0.2, 0.25) is 0 Å². The third-order valence-electron chi connectivity index (χ3n) is 4.46. The van der Waals surface area contributed by atoms with Crippen molar-refractivity contribution in [1.29, 1.82) is 0 Å². The van der Waals surface area contributed by atoms with Crippen molar-refractivity contribution in [2.45, 2.75) is 26.4 Å². The Labute approximate surface area is 126 Å². The first-order valence-corrected chi connectivity index (χ1v) is 7.78. The Balaban J connectivity index is 1.93. The van der Waals surface area contributed by atoms with Gasteiger partial charge in [-0.3, -0.25) is 4.90 Å². The first kappa shape index (κ1) is 14.4. The van der Waals surface area contributed by atoms with E-state index in [0.29, 0.717) is 11.8 Å². The van der Waals surface area contributed by atoms with Crippen LogP contribution in [0.2, 0.25) is 0 Å². The monoisotopic (exact) mass is 287 g/mol. The molecule has 0 amide bonds. The zero-order valence-electron chi connectivity index (χ0n) is 13.2. The standard InChI is InChI=1S/C17H25N3O/c1-13(2)20-12-14(11-19-9-7-18(3)8-10-19)15-5-4-6-16(21)17(15)20/h4-6,12-13,21H,7-11H2,1-3H3. The van der Waals surface area contributed by atoms with Crippen LogP contribution in [-0.2, 0) is 6.54 Å². The molecule has 1 aromatic heterocycles. The van der Waals surface area contributed by atoms with E-state index in [2.05, 4.69) is 47.5 Å². The van der Waals surface area contributed by atoms with Crippen molar-refractivity contribution in [3.8, 4) is 5.75 Å². The number of phenolic OH excluding ortho intramolecular Hbond substituents is 1. The summed E-state index contributed by atoms with van der Waals surface area (Å²) in [5, 5.41) is 11.4. The zero-order chi connectivity index (χ0) is 15.0. The molecule has 114 valence electrons. The minimum atomic E-state index is 0.349. The lowest BCUT2D eigenvalue weighted by molar-refractivity contribution is 0.148. The number of rotatable bonds is 3. The van der Waals surface area contributed by atoms with Crippen molar-refractivity contribution >= 4 is 10.9 Å². The van der Waals surface area contributed by atoms with Crippen molar-refractivity contribution in [2.24, 2.45) is 0 Å². The second-order valence-corrected chi connectivity index (χ2v) is 6.41. The maximum atomic E-state index is 10.2. The summed E-state index contributed by atoms with van der Waals surface area (Å²) in [7, 11) is 2.18. The number of para-hydroxylation sites is 1. The van der Waals surface area contributed by atoms with E-state index >= 15 is 0 Å². The molecular weight excluding hydrogens is 262 g/mol. The Kier molecular flexibility index (Phi) is 3.91. The van der Waals surface area contributed by atoms with Gasteiger partial charge in [-0.25, -0.2) is 0 Å². The molecule has 2 heterocycles. The number of phenols is 1. The topological polar surface area (TPSA) is 31.6 Å². The van der Waals surface area contributed by atoms with Crippen molar-refractivity contribution in [3.05, 3.63) is 30.0 Å². The molecule has 1 saturated heterocycles. The second kappa shape index (κ2) is 5.70. The highest BCUT2D eigenvalue weighted by Crippen LogP contribution is 2.32. The normalized spacial score (nSPS) is 17.9. The van der Waals surface area contributed by atoms with Gasteiger partial charge < -0.3 is 14.6 Å². The number of hydrogen-bond donors (Lipinski definition) is 1. The number of aromatic hydroxyl groups is 1. The predicted molar refractivity (Wildman–Crippen MR) is 86.8 cm³/mol. The molecule has 3 rings (SSSR count). The SMILES string of the molecule is CC(C)n1cc(CN2CCN(C)CC2)c2cccc(O)c21. The van der Waals surface area contributed by atoms with E-state index in [1.165, 1.54) is 10.9 Å². The molecule has 0 saturated carbocycles. The van der Waals surface area contributed by atoms with Gasteiger partial charge in [0.1, 0.15) is 5.75 Å². The number of piperazine rings is 1. The lowest BCUT2D eigenvalue weighted by atomic mass is 10.1. The van der Waals surface area contributed by atoms with E-state index in [4.69, 9.17) is 0 Å². The number of hydrogen-bond acceptors (Lipinski definition) is 3. The molecular formula is C17H25N3O. The molecule has 1 N–H and O–H groups in total. The highest BCUT2D eigenvalue weighted by Gasteiger charge is 2.18. The third kappa shape index (κ3) is 2.78. The van der Waals surface area contributed by atoms with Gasteiger partial charge in [0.15, 0.2) is 0 Å². The summed E-state index contributed by atoms with van der Waals surface area (Å²) in [4.78, 5) is 4.88. The van der Waals surface area contributed by atoms with Crippen molar-refractivity contribution < 1.29 is 5.11 Å². The van der Waals surface area contributed by atoms with Gasteiger partial charge in [-0.2, -0.15) is 0 Å². The second-order valence-electron chi connectivity index (χ2n) is 6.41. The van der Waals surface area contributed by atoms with Crippen LogP contribution in [0.1, 0.15) is 25.5 Å². The summed E-state index contributed by atoms with van der Waals surface area (Å²) in [6.07, 6.45) is 2.22. The fourth-order valence-corrected chi connectivity index (χ4v) is 3.14. The minimum Gasteiger partial charge on any atom is -0.506 e. The molecule has 2 aromatic rings. The molecule has 1 aliphatic rings. The van der Waals surface area contributed by atoms with Crippen molar-refractivity contribution in [1.82, 2.24) is 14.4 Å². The Morgan fingerprint density at radius 1 is 1.14 bits per heavy atom. The van der Waals surface area contributed by atoms with Crippen LogP contribution in [-0.4, -0.2) is 52.7 Å². The molecule has 0 atom stereocenters. The van der Waals surface area contributed by atoms with Crippen molar-refractivity contribution in [2.75, 3.05) is 33.2 Å². The largest absolute Gasteiger partial charge is 0.506 e. The van der Waals surface area contributed by atoms with Gasteiger partial charge in [0, 0.05) is 50.3 Å². The van der Waals surface area contributed by atoms with E-state index in [1.807, 2.05) is 6.07 Å². The molecule has 0 spiro atoms. The number of likely N-dealkylation sites (N-methyl/N-ethyl adjacent to an activating group) is 1. The first-order valence-electron chi connectivity index (χ1n) is 7.78. The van der Waals surface area contributed by atoms with E-state index < -0.39 is 0 Å². The molecule has 4 heteroatoms. The van der Waals surface area contributed by atoms with Crippen LogP contribution in [0, 0.1) is 0 Å². The zero-order valence-corrected chi connectivity index (χ0v) is 13.2. The number of nitrogens with zero attached hydrogens (tertiary/aromatic N) is 3. The summed E-state index contributed by atoms with van der Waals surface area (Å²) >= 11 is 0. The molecule has 0 aliphatic carbocycles. The number of fused-ring (bicyclic) bond motifs is 1. The van der Waals surface area contributed by atoms with Crippen LogP contribution < -0.4 is 0 Å². The maximum absolute atomic E-state index is 10.2. The van der Waals surface area contributed by atoms with Gasteiger partial charge in [-0.05, 0) is 32.5 Å². The minimum absolute atomic E-state index is 0.349. The Morgan fingerprint density at radius 2 is 1.86 bits per heavy atom. The van der Waals surface area contributed by atoms with Gasteiger partial charge in [-0.1, -0.05) is 12.1 Å². The highest BCUT2D eigenvalue weighted by atomic mass is 16.3. The van der Waals surface area contributed by atoms with Crippen LogP contribution in [0.5, 0.6) is 5.75 Å². The van der Waals surface area contributed by atoms with Crippen LogP contribution in [0.15, 0.2) is 24.4 Å². The smallest absolute Gasteiger partial charge is 0.139 e. The average Bonchev–Trinajstić information content (AvgIpc) is 2.82. The summed E-state index contributed by atoms with van der Waals surface area (Å²) in [6, 6.07) is 6.19. The summed E-state index contributed by atoms with van der Waals surface area (Å²) in [5.41, 5.74) is 2.29. The van der Waals surface area contributed by atoms with Gasteiger partial charge in [-0.15, -0.1) is 0 Å². The molecule has 1 fully saturated rings. The third-order valence-corrected chi connectivity index (χ3v) is 4.46. The fourth-order valence-electron chi connectivity index (χ4n) is 3.14. The summed E-state index contributed by atoms with van der Waals surface area (Å²) in [6.45, 7) is 9.78. The lowest BCUT2D eigenvalue weighted by Gasteiger charge is -2.32. The molecule has 1 aliphatic heterocycles. The van der Waals surface area contributed by atoms with Crippen molar-refractivity contribution in [3.63, 3.8) is 0 Å². The molecule has 0 bridgehead atoms. The van der Waals surface area contributed by atoms with Crippen LogP contribution >= 0.6 is 0 Å². The first-order chi connectivity index (χ1) is 10.1. The maximum Gasteiger partial charge on any atom is 0.139 e. The predicted octanol–water partition coefficient (Wildman–Crippen LogP) is 2.68. The molecule has 0 unspecified atom stereocenters. The molecule has 0 radical (unpaired) electrons. The van der Waals surface area contributed by atoms with Gasteiger partial charge in [0.25, 0.3) is 0 Å². The van der Waals surface area contributed by atoms with Crippen LogP contribution in [0.4, 0.5) is 0 Å². The molecule has 21 heavy (non-hydrogen) atoms. The van der Waals surface area contributed by atoms with Crippen LogP contribution in [0.3, 0.4) is 0 Å². The number of aromatic nitrogens is 1. The molecule has 4 nitrogen and oxygen atoms in total. The highest BCUT2D eigenvalue weighted by molar-refractivity contribution is 5.89. The Hall–Kier alpha value is -1.52. The quantitative estimate of drug-likeness (QED) is 0.942. The summed E-state index contributed by atoms with van der Waals surface area (Å²) in [5.74, 6) is 0.380. The number of benzene rings is 1. The fraction of sp³-hybridized carbons (Fsp3) is 0.529.